The Morgan fingerprint density at radius 2 is 2.14 bits per heavy atom. The number of aliphatic carboxylic acids is 1. The van der Waals surface area contributed by atoms with Crippen LogP contribution in [0.1, 0.15) is 49.4 Å². The fourth-order valence-corrected chi connectivity index (χ4v) is 2.87. The summed E-state index contributed by atoms with van der Waals surface area (Å²) < 4.78 is 0. The number of nitrogens with one attached hydrogen (secondary N) is 1. The third-order valence-corrected chi connectivity index (χ3v) is 4.36. The minimum atomic E-state index is -1.01. The van der Waals surface area contributed by atoms with Crippen LogP contribution in [0.15, 0.2) is 18.3 Å². The van der Waals surface area contributed by atoms with Crippen molar-refractivity contribution in [3.05, 3.63) is 23.9 Å². The van der Waals surface area contributed by atoms with E-state index in [9.17, 15) is 14.7 Å². The SMILES string of the molecule is CCC1CCC(Nc2cc(C(N)=O)ccn2)(C(=O)O)CC1. The Morgan fingerprint density at radius 1 is 1.48 bits per heavy atom. The molecule has 1 aromatic rings. The smallest absolute Gasteiger partial charge is 0.329 e. The summed E-state index contributed by atoms with van der Waals surface area (Å²) >= 11 is 0. The summed E-state index contributed by atoms with van der Waals surface area (Å²) in [7, 11) is 0. The van der Waals surface area contributed by atoms with E-state index in [-0.39, 0.29) is 0 Å². The quantitative estimate of drug-likeness (QED) is 0.769. The maximum absolute atomic E-state index is 11.7. The number of amides is 1. The number of rotatable bonds is 5. The van der Waals surface area contributed by atoms with Crippen molar-refractivity contribution in [2.75, 3.05) is 5.32 Å². The second-order valence-corrected chi connectivity index (χ2v) is 5.66. The fraction of sp³-hybridized carbons (Fsp3) is 0.533. The zero-order valence-electron chi connectivity index (χ0n) is 12.1. The molecule has 21 heavy (non-hydrogen) atoms. The van der Waals surface area contributed by atoms with Crippen LogP contribution in [0.2, 0.25) is 0 Å². The number of carbonyl (C=O) groups excluding carboxylic acids is 1. The molecule has 0 bridgehead atoms. The molecule has 1 aromatic heterocycles. The molecule has 6 nitrogen and oxygen atoms in total. The summed E-state index contributed by atoms with van der Waals surface area (Å²) in [6.45, 7) is 2.13. The fourth-order valence-electron chi connectivity index (χ4n) is 2.87. The van der Waals surface area contributed by atoms with Crippen molar-refractivity contribution in [1.82, 2.24) is 4.98 Å². The Kier molecular flexibility index (Phi) is 4.45. The van der Waals surface area contributed by atoms with E-state index in [0.29, 0.717) is 30.1 Å². The Labute approximate surface area is 123 Å². The van der Waals surface area contributed by atoms with Crippen LogP contribution in [-0.2, 0) is 4.79 Å². The second kappa shape index (κ2) is 6.11. The van der Waals surface area contributed by atoms with Crippen molar-refractivity contribution in [3.8, 4) is 0 Å². The number of carbonyl (C=O) groups is 2. The Hall–Kier alpha value is -2.11. The number of aromatic nitrogens is 1. The summed E-state index contributed by atoms with van der Waals surface area (Å²) in [5, 5.41) is 12.6. The molecule has 4 N–H and O–H groups in total. The molecule has 1 heterocycles. The first-order valence-electron chi connectivity index (χ1n) is 7.24. The van der Waals surface area contributed by atoms with Crippen LogP contribution in [0.4, 0.5) is 5.82 Å². The first-order chi connectivity index (χ1) is 9.97. The van der Waals surface area contributed by atoms with E-state index in [0.717, 1.165) is 19.3 Å². The second-order valence-electron chi connectivity index (χ2n) is 5.66. The monoisotopic (exact) mass is 291 g/mol. The van der Waals surface area contributed by atoms with E-state index in [1.165, 1.54) is 18.3 Å². The van der Waals surface area contributed by atoms with Gasteiger partial charge in [-0.3, -0.25) is 4.79 Å². The van der Waals surface area contributed by atoms with Gasteiger partial charge in [0.05, 0.1) is 0 Å². The molecule has 0 spiro atoms. The molecule has 1 fully saturated rings. The number of carboxylic acids is 1. The highest BCUT2D eigenvalue weighted by Crippen LogP contribution is 2.36. The summed E-state index contributed by atoms with van der Waals surface area (Å²) in [5.74, 6) is -0.462. The molecule has 0 saturated heterocycles. The van der Waals surface area contributed by atoms with E-state index in [4.69, 9.17) is 5.73 Å². The molecular weight excluding hydrogens is 270 g/mol. The molecule has 1 aliphatic carbocycles. The molecule has 0 atom stereocenters. The number of pyridine rings is 1. The van der Waals surface area contributed by atoms with Gasteiger partial charge in [0.15, 0.2) is 0 Å². The highest BCUT2D eigenvalue weighted by molar-refractivity contribution is 5.93. The average Bonchev–Trinajstić information content (AvgIpc) is 2.48. The lowest BCUT2D eigenvalue weighted by Crippen LogP contribution is -2.49. The van der Waals surface area contributed by atoms with E-state index in [1.807, 2.05) is 0 Å². The van der Waals surface area contributed by atoms with Crippen LogP contribution < -0.4 is 11.1 Å². The molecule has 1 saturated carbocycles. The zero-order chi connectivity index (χ0) is 15.5. The first-order valence-corrected chi connectivity index (χ1v) is 7.24. The predicted molar refractivity (Wildman–Crippen MR) is 79.0 cm³/mol. The number of hydrogen-bond donors (Lipinski definition) is 3. The Morgan fingerprint density at radius 3 is 2.67 bits per heavy atom. The lowest BCUT2D eigenvalue weighted by Gasteiger charge is -2.37. The molecule has 2 rings (SSSR count). The summed E-state index contributed by atoms with van der Waals surface area (Å²) in [4.78, 5) is 27.0. The van der Waals surface area contributed by atoms with Gasteiger partial charge >= 0.3 is 5.97 Å². The van der Waals surface area contributed by atoms with Gasteiger partial charge in [-0.1, -0.05) is 13.3 Å². The number of hydrogen-bond acceptors (Lipinski definition) is 4. The van der Waals surface area contributed by atoms with E-state index in [2.05, 4.69) is 17.2 Å². The zero-order valence-corrected chi connectivity index (χ0v) is 12.1. The topological polar surface area (TPSA) is 105 Å². The third kappa shape index (κ3) is 3.32. The lowest BCUT2D eigenvalue weighted by atomic mass is 9.75. The van der Waals surface area contributed by atoms with Crippen molar-refractivity contribution < 1.29 is 14.7 Å². The summed E-state index contributed by atoms with van der Waals surface area (Å²) in [6, 6.07) is 3.01. The molecule has 114 valence electrons. The van der Waals surface area contributed by atoms with Crippen molar-refractivity contribution >= 4 is 17.7 Å². The van der Waals surface area contributed by atoms with Crippen LogP contribution >= 0.6 is 0 Å². The average molecular weight is 291 g/mol. The molecule has 0 aromatic carbocycles. The first kappa shape index (κ1) is 15.3. The number of anilines is 1. The van der Waals surface area contributed by atoms with Gasteiger partial charge < -0.3 is 16.2 Å². The van der Waals surface area contributed by atoms with Gasteiger partial charge in [0.2, 0.25) is 5.91 Å². The molecule has 0 aliphatic heterocycles. The van der Waals surface area contributed by atoms with Gasteiger partial charge in [-0.2, -0.15) is 0 Å². The van der Waals surface area contributed by atoms with Crippen molar-refractivity contribution in [2.24, 2.45) is 11.7 Å². The van der Waals surface area contributed by atoms with E-state index in [1.54, 1.807) is 0 Å². The van der Waals surface area contributed by atoms with Crippen molar-refractivity contribution in [1.29, 1.82) is 0 Å². The number of nitrogens with two attached hydrogens (primary N) is 1. The van der Waals surface area contributed by atoms with Gasteiger partial charge in [-0.05, 0) is 43.7 Å². The molecular formula is C15H21N3O3. The van der Waals surface area contributed by atoms with Gasteiger partial charge in [-0.15, -0.1) is 0 Å². The number of primary amides is 1. The van der Waals surface area contributed by atoms with Crippen LogP contribution in [0.25, 0.3) is 0 Å². The van der Waals surface area contributed by atoms with Gasteiger partial charge in [-0.25, -0.2) is 9.78 Å². The number of carboxylic acid groups (broad SMARTS) is 1. The third-order valence-electron chi connectivity index (χ3n) is 4.36. The summed E-state index contributed by atoms with van der Waals surface area (Å²) in [5.41, 5.74) is 4.54. The number of nitrogens with zero attached hydrogens (tertiary/aromatic N) is 1. The van der Waals surface area contributed by atoms with Gasteiger partial charge in [0, 0.05) is 11.8 Å². The van der Waals surface area contributed by atoms with Gasteiger partial charge in [0.25, 0.3) is 0 Å². The standard InChI is InChI=1S/C15H21N3O3/c1-2-10-3-6-15(7-4-10,14(20)21)18-12-9-11(13(16)19)5-8-17-12/h5,8-10H,2-4,6-7H2,1H3,(H2,16,19)(H,17,18)(H,20,21). The van der Waals surface area contributed by atoms with Crippen LogP contribution in [-0.4, -0.2) is 27.5 Å². The van der Waals surface area contributed by atoms with Crippen LogP contribution in [0.3, 0.4) is 0 Å². The minimum absolute atomic E-state index is 0.315. The lowest BCUT2D eigenvalue weighted by molar-refractivity contribution is -0.143. The van der Waals surface area contributed by atoms with E-state index < -0.39 is 17.4 Å². The maximum Gasteiger partial charge on any atom is 0.329 e. The molecule has 0 unspecified atom stereocenters. The molecule has 0 radical (unpaired) electrons. The largest absolute Gasteiger partial charge is 0.480 e. The molecule has 1 aliphatic rings. The van der Waals surface area contributed by atoms with Gasteiger partial charge in [0.1, 0.15) is 11.4 Å². The predicted octanol–water partition coefficient (Wildman–Crippen LogP) is 2.02. The summed E-state index contributed by atoms with van der Waals surface area (Å²) in [6.07, 6.45) is 5.41. The van der Waals surface area contributed by atoms with Crippen LogP contribution in [0, 0.1) is 5.92 Å². The van der Waals surface area contributed by atoms with Crippen molar-refractivity contribution in [2.45, 2.75) is 44.6 Å². The highest BCUT2D eigenvalue weighted by atomic mass is 16.4. The maximum atomic E-state index is 11.7. The van der Waals surface area contributed by atoms with Crippen molar-refractivity contribution in [3.63, 3.8) is 0 Å². The molecule has 6 heteroatoms. The van der Waals surface area contributed by atoms with E-state index >= 15 is 0 Å². The minimum Gasteiger partial charge on any atom is -0.480 e. The Balaban J connectivity index is 2.19. The highest BCUT2D eigenvalue weighted by Gasteiger charge is 2.42. The van der Waals surface area contributed by atoms with Crippen LogP contribution in [0.5, 0.6) is 0 Å². The normalized spacial score (nSPS) is 25.3. The Bertz CT molecular complexity index is 537. The molecule has 1 amide bonds.